The minimum atomic E-state index is -0.129. The van der Waals surface area contributed by atoms with Gasteiger partial charge in [0.2, 0.25) is 0 Å². The summed E-state index contributed by atoms with van der Waals surface area (Å²) in [5, 5.41) is 1.10. The molecule has 0 aliphatic rings. The van der Waals surface area contributed by atoms with Crippen molar-refractivity contribution in [1.82, 2.24) is 14.5 Å². The van der Waals surface area contributed by atoms with E-state index in [-0.39, 0.29) is 5.78 Å². The normalized spacial score (nSPS) is 11.0. The summed E-state index contributed by atoms with van der Waals surface area (Å²) in [5.74, 6) is 0.218. The first kappa shape index (κ1) is 14.0. The van der Waals surface area contributed by atoms with E-state index in [9.17, 15) is 4.79 Å². The second-order valence-electron chi connectivity index (χ2n) is 4.62. The molecule has 0 bridgehead atoms. The molecule has 2 aromatic heterocycles. The molecule has 0 aliphatic carbocycles. The van der Waals surface area contributed by atoms with E-state index in [4.69, 9.17) is 23.2 Å². The number of nitrogens with zero attached hydrogens (tertiary/aromatic N) is 3. The summed E-state index contributed by atoms with van der Waals surface area (Å²) in [7, 11) is 0. The quantitative estimate of drug-likeness (QED) is 0.686. The third-order valence-electron chi connectivity index (χ3n) is 3.20. The Morgan fingerprint density at radius 2 is 1.90 bits per heavy atom. The number of pyridine rings is 1. The van der Waals surface area contributed by atoms with Crippen molar-refractivity contribution in [1.29, 1.82) is 0 Å². The lowest BCUT2D eigenvalue weighted by Gasteiger charge is -2.10. The number of carbonyl (C=O) groups excluding carboxylic acids is 1. The Bertz CT molecular complexity index is 822. The standard InChI is InChI=1S/C15H11Cl2N3O/c1-9(21)14-19-13-6-3-7-18-15(13)20(14)8-10-11(16)4-2-5-12(10)17/h2-7H,8H2,1H3. The summed E-state index contributed by atoms with van der Waals surface area (Å²) >= 11 is 12.4. The molecule has 0 radical (unpaired) electrons. The van der Waals surface area contributed by atoms with Gasteiger partial charge >= 0.3 is 0 Å². The maximum absolute atomic E-state index is 11.8. The van der Waals surface area contributed by atoms with Gasteiger partial charge in [-0.3, -0.25) is 4.79 Å². The number of benzene rings is 1. The molecule has 0 fully saturated rings. The van der Waals surface area contributed by atoms with Gasteiger partial charge in [-0.25, -0.2) is 9.97 Å². The fraction of sp³-hybridized carbons (Fsp3) is 0.133. The first-order valence-electron chi connectivity index (χ1n) is 6.33. The van der Waals surface area contributed by atoms with Gasteiger partial charge in [-0.15, -0.1) is 0 Å². The highest BCUT2D eigenvalue weighted by Gasteiger charge is 2.17. The van der Waals surface area contributed by atoms with Crippen LogP contribution in [0, 0.1) is 0 Å². The third kappa shape index (κ3) is 2.52. The van der Waals surface area contributed by atoms with Gasteiger partial charge < -0.3 is 4.57 Å². The second kappa shape index (κ2) is 5.47. The number of ketones is 1. The molecule has 0 spiro atoms. The van der Waals surface area contributed by atoms with Crippen molar-refractivity contribution in [3.63, 3.8) is 0 Å². The minimum Gasteiger partial charge on any atom is -0.302 e. The highest BCUT2D eigenvalue weighted by molar-refractivity contribution is 6.36. The van der Waals surface area contributed by atoms with Crippen molar-refractivity contribution < 1.29 is 4.79 Å². The van der Waals surface area contributed by atoms with Crippen LogP contribution in [0.4, 0.5) is 0 Å². The Labute approximate surface area is 131 Å². The third-order valence-corrected chi connectivity index (χ3v) is 3.90. The lowest BCUT2D eigenvalue weighted by atomic mass is 10.2. The van der Waals surface area contributed by atoms with Crippen LogP contribution < -0.4 is 0 Å². The summed E-state index contributed by atoms with van der Waals surface area (Å²) < 4.78 is 1.74. The van der Waals surface area contributed by atoms with Crippen LogP contribution in [-0.2, 0) is 6.54 Å². The van der Waals surface area contributed by atoms with E-state index in [0.29, 0.717) is 33.6 Å². The van der Waals surface area contributed by atoms with Gasteiger partial charge in [0.15, 0.2) is 17.3 Å². The smallest absolute Gasteiger partial charge is 0.195 e. The lowest BCUT2D eigenvalue weighted by Crippen LogP contribution is -2.10. The van der Waals surface area contributed by atoms with Crippen LogP contribution in [-0.4, -0.2) is 20.3 Å². The van der Waals surface area contributed by atoms with Crippen molar-refractivity contribution in [2.24, 2.45) is 0 Å². The van der Waals surface area contributed by atoms with Crippen LogP contribution >= 0.6 is 23.2 Å². The average Bonchev–Trinajstić information content (AvgIpc) is 2.82. The Hall–Kier alpha value is -1.91. The first-order chi connectivity index (χ1) is 10.1. The zero-order chi connectivity index (χ0) is 15.0. The van der Waals surface area contributed by atoms with Gasteiger partial charge in [0.1, 0.15) is 5.52 Å². The number of carbonyl (C=O) groups is 1. The summed E-state index contributed by atoms with van der Waals surface area (Å²) in [6.07, 6.45) is 1.67. The minimum absolute atomic E-state index is 0.129. The molecule has 0 saturated heterocycles. The van der Waals surface area contributed by atoms with Crippen molar-refractivity contribution in [2.75, 3.05) is 0 Å². The molecule has 3 aromatic rings. The van der Waals surface area contributed by atoms with Crippen LogP contribution in [0.2, 0.25) is 10.0 Å². The molecule has 1 aromatic carbocycles. The highest BCUT2D eigenvalue weighted by atomic mass is 35.5. The number of hydrogen-bond donors (Lipinski definition) is 0. The molecule has 0 unspecified atom stereocenters. The number of hydrogen-bond acceptors (Lipinski definition) is 3. The zero-order valence-electron chi connectivity index (χ0n) is 11.2. The summed E-state index contributed by atoms with van der Waals surface area (Å²) in [4.78, 5) is 20.5. The Balaban J connectivity index is 2.20. The highest BCUT2D eigenvalue weighted by Crippen LogP contribution is 2.27. The number of imidazole rings is 1. The Morgan fingerprint density at radius 3 is 2.57 bits per heavy atom. The van der Waals surface area contributed by atoms with E-state index >= 15 is 0 Å². The number of rotatable bonds is 3. The lowest BCUT2D eigenvalue weighted by molar-refractivity contribution is 0.100. The second-order valence-corrected chi connectivity index (χ2v) is 5.44. The molecule has 0 saturated carbocycles. The van der Waals surface area contributed by atoms with Gasteiger partial charge in [0.05, 0.1) is 6.54 Å². The molecule has 0 atom stereocenters. The van der Waals surface area contributed by atoms with Gasteiger partial charge in [0.25, 0.3) is 0 Å². The zero-order valence-corrected chi connectivity index (χ0v) is 12.7. The van der Waals surface area contributed by atoms with Crippen molar-refractivity contribution in [3.8, 4) is 0 Å². The Morgan fingerprint density at radius 1 is 1.19 bits per heavy atom. The molecule has 106 valence electrons. The SMILES string of the molecule is CC(=O)c1nc2cccnc2n1Cc1c(Cl)cccc1Cl. The number of Topliss-reactive ketones (excluding diaryl/α,β-unsaturated/α-hetero) is 1. The predicted molar refractivity (Wildman–Crippen MR) is 83.1 cm³/mol. The fourth-order valence-corrected chi connectivity index (χ4v) is 2.74. The molecule has 0 amide bonds. The van der Waals surface area contributed by atoms with Crippen LogP contribution in [0.1, 0.15) is 23.1 Å². The molecule has 0 N–H and O–H groups in total. The first-order valence-corrected chi connectivity index (χ1v) is 7.08. The topological polar surface area (TPSA) is 47.8 Å². The molecule has 4 nitrogen and oxygen atoms in total. The van der Waals surface area contributed by atoms with Crippen molar-refractivity contribution in [2.45, 2.75) is 13.5 Å². The maximum Gasteiger partial charge on any atom is 0.195 e. The van der Waals surface area contributed by atoms with Gasteiger partial charge in [-0.2, -0.15) is 0 Å². The molecule has 2 heterocycles. The number of aromatic nitrogens is 3. The van der Waals surface area contributed by atoms with E-state index in [2.05, 4.69) is 9.97 Å². The van der Waals surface area contributed by atoms with Crippen LogP contribution in [0.5, 0.6) is 0 Å². The van der Waals surface area contributed by atoms with Crippen LogP contribution in [0.15, 0.2) is 36.5 Å². The molecular weight excluding hydrogens is 309 g/mol. The molecule has 6 heteroatoms. The summed E-state index contributed by atoms with van der Waals surface area (Å²) in [5.41, 5.74) is 2.05. The Kier molecular flexibility index (Phi) is 3.66. The number of fused-ring (bicyclic) bond motifs is 1. The monoisotopic (exact) mass is 319 g/mol. The van der Waals surface area contributed by atoms with E-state index in [1.807, 2.05) is 6.07 Å². The van der Waals surface area contributed by atoms with E-state index in [1.54, 1.807) is 35.0 Å². The summed E-state index contributed by atoms with van der Waals surface area (Å²) in [6, 6.07) is 8.92. The fourth-order valence-electron chi connectivity index (χ4n) is 2.22. The average molecular weight is 320 g/mol. The molecular formula is C15H11Cl2N3O. The van der Waals surface area contributed by atoms with Crippen molar-refractivity contribution in [3.05, 3.63) is 58.0 Å². The van der Waals surface area contributed by atoms with E-state index in [1.165, 1.54) is 6.92 Å². The largest absolute Gasteiger partial charge is 0.302 e. The van der Waals surface area contributed by atoms with Gasteiger partial charge in [-0.1, -0.05) is 29.3 Å². The number of halogens is 2. The molecule has 3 rings (SSSR count). The van der Waals surface area contributed by atoms with Crippen molar-refractivity contribution >= 4 is 40.1 Å². The molecule has 21 heavy (non-hydrogen) atoms. The van der Waals surface area contributed by atoms with Crippen LogP contribution in [0.25, 0.3) is 11.2 Å². The maximum atomic E-state index is 11.8. The molecule has 0 aliphatic heterocycles. The van der Waals surface area contributed by atoms with E-state index in [0.717, 1.165) is 5.56 Å². The van der Waals surface area contributed by atoms with Crippen LogP contribution in [0.3, 0.4) is 0 Å². The predicted octanol–water partition coefficient (Wildman–Crippen LogP) is 3.99. The van der Waals surface area contributed by atoms with Gasteiger partial charge in [-0.05, 0) is 24.3 Å². The van der Waals surface area contributed by atoms with Gasteiger partial charge in [0, 0.05) is 28.7 Å². The summed E-state index contributed by atoms with van der Waals surface area (Å²) in [6.45, 7) is 1.83. The van der Waals surface area contributed by atoms with E-state index < -0.39 is 0 Å².